The molecular weight excluding hydrogens is 390 g/mol. The van der Waals surface area contributed by atoms with E-state index in [-0.39, 0.29) is 0 Å². The zero-order chi connectivity index (χ0) is 20.0. The smallest absolute Gasteiger partial charge is 0.242 e. The first kappa shape index (κ1) is 18.3. The Bertz CT molecular complexity index is 1150. The predicted octanol–water partition coefficient (Wildman–Crippen LogP) is 1.24. The van der Waals surface area contributed by atoms with Crippen LogP contribution < -0.4 is 14.5 Å². The van der Waals surface area contributed by atoms with Crippen molar-refractivity contribution in [1.29, 1.82) is 0 Å². The molecule has 0 spiro atoms. The molecule has 152 valence electrons. The Morgan fingerprint density at radius 2 is 1.69 bits per heavy atom. The molecule has 1 saturated heterocycles. The molecule has 1 aliphatic heterocycles. The number of sulfonamides is 1. The van der Waals surface area contributed by atoms with Gasteiger partial charge in [0.05, 0.1) is 5.69 Å². The molecule has 1 aromatic carbocycles. The second kappa shape index (κ2) is 6.96. The van der Waals surface area contributed by atoms with Crippen LogP contribution in [0.25, 0.3) is 5.65 Å². The maximum atomic E-state index is 12.4. The second-order valence-corrected chi connectivity index (χ2v) is 9.30. The fraction of sp³-hybridized carbons (Fsp3) is 0.421. The lowest BCUT2D eigenvalue weighted by molar-refractivity contribution is 0.586. The van der Waals surface area contributed by atoms with Crippen LogP contribution in [-0.2, 0) is 10.0 Å². The normalized spacial score (nSPS) is 17.8. The van der Waals surface area contributed by atoms with Gasteiger partial charge in [-0.2, -0.15) is 4.52 Å². The lowest BCUT2D eigenvalue weighted by Crippen LogP contribution is -2.47. The van der Waals surface area contributed by atoms with E-state index in [0.29, 0.717) is 23.9 Å². The monoisotopic (exact) mass is 413 g/mol. The van der Waals surface area contributed by atoms with E-state index in [4.69, 9.17) is 5.10 Å². The van der Waals surface area contributed by atoms with Crippen LogP contribution in [0.3, 0.4) is 0 Å². The van der Waals surface area contributed by atoms with Crippen LogP contribution in [0.5, 0.6) is 0 Å². The molecule has 29 heavy (non-hydrogen) atoms. The third-order valence-corrected chi connectivity index (χ3v) is 7.04. The lowest BCUT2D eigenvalue weighted by Gasteiger charge is -2.37. The van der Waals surface area contributed by atoms with Crippen LogP contribution in [0.2, 0.25) is 0 Å². The van der Waals surface area contributed by atoms with E-state index in [9.17, 15) is 8.42 Å². The molecule has 0 amide bonds. The highest BCUT2D eigenvalue weighted by Crippen LogP contribution is 2.38. The number of anilines is 2. The van der Waals surface area contributed by atoms with Crippen LogP contribution in [0.4, 0.5) is 11.5 Å². The topological polar surface area (TPSA) is 95.7 Å². The number of aromatic nitrogens is 4. The minimum atomic E-state index is -3.50. The minimum absolute atomic E-state index is 0.314. The Kier molecular flexibility index (Phi) is 4.39. The number of rotatable bonds is 5. The molecule has 10 heteroatoms. The summed E-state index contributed by atoms with van der Waals surface area (Å²) >= 11 is 0. The number of benzene rings is 1. The van der Waals surface area contributed by atoms with Crippen molar-refractivity contribution < 1.29 is 8.42 Å². The van der Waals surface area contributed by atoms with E-state index in [0.717, 1.165) is 48.9 Å². The highest BCUT2D eigenvalue weighted by Gasteiger charge is 2.30. The van der Waals surface area contributed by atoms with Crippen molar-refractivity contribution in [1.82, 2.24) is 24.5 Å². The molecule has 5 rings (SSSR count). The third-order valence-electron chi connectivity index (χ3n) is 5.58. The van der Waals surface area contributed by atoms with Gasteiger partial charge in [0, 0.05) is 32.1 Å². The molecular formula is C19H23N7O2S. The summed E-state index contributed by atoms with van der Waals surface area (Å²) in [6, 6.07) is 11.1. The van der Waals surface area contributed by atoms with E-state index in [2.05, 4.69) is 24.7 Å². The highest BCUT2D eigenvalue weighted by molar-refractivity contribution is 7.89. The zero-order valence-electron chi connectivity index (χ0n) is 16.2. The van der Waals surface area contributed by atoms with Gasteiger partial charge in [-0.25, -0.2) is 13.1 Å². The summed E-state index contributed by atoms with van der Waals surface area (Å²) in [5.74, 6) is 2.33. The number of nitrogens with zero attached hydrogens (tertiary/aromatic N) is 6. The van der Waals surface area contributed by atoms with Crippen molar-refractivity contribution in [2.24, 2.45) is 0 Å². The minimum Gasteiger partial charge on any atom is -0.367 e. The number of nitrogens with one attached hydrogen (secondary N) is 1. The SMILES string of the molecule is CNS(=O)(=O)c1ccccc1N1CCN(c2ccc3nnc(C4CC4)n3n2)CC1. The second-order valence-electron chi connectivity index (χ2n) is 7.44. The van der Waals surface area contributed by atoms with Gasteiger partial charge in [-0.15, -0.1) is 15.3 Å². The van der Waals surface area contributed by atoms with Crippen molar-refractivity contribution in [3.63, 3.8) is 0 Å². The molecule has 1 N–H and O–H groups in total. The van der Waals surface area contributed by atoms with Crippen LogP contribution in [-0.4, -0.2) is 61.5 Å². The molecule has 0 bridgehead atoms. The molecule has 2 aromatic heterocycles. The Balaban J connectivity index is 1.36. The Morgan fingerprint density at radius 1 is 0.966 bits per heavy atom. The van der Waals surface area contributed by atoms with Gasteiger partial charge >= 0.3 is 0 Å². The predicted molar refractivity (Wildman–Crippen MR) is 110 cm³/mol. The molecule has 1 aliphatic carbocycles. The van der Waals surface area contributed by atoms with Gasteiger partial charge in [-0.3, -0.25) is 0 Å². The van der Waals surface area contributed by atoms with Crippen molar-refractivity contribution in [3.8, 4) is 0 Å². The van der Waals surface area contributed by atoms with Crippen LogP contribution >= 0.6 is 0 Å². The van der Waals surface area contributed by atoms with Crippen molar-refractivity contribution >= 4 is 27.2 Å². The number of hydrogen-bond donors (Lipinski definition) is 1. The maximum Gasteiger partial charge on any atom is 0.242 e. The maximum absolute atomic E-state index is 12.4. The summed E-state index contributed by atoms with van der Waals surface area (Å²) < 4.78 is 29.0. The van der Waals surface area contributed by atoms with E-state index < -0.39 is 10.0 Å². The molecule has 3 heterocycles. The average molecular weight is 414 g/mol. The molecule has 0 atom stereocenters. The molecule has 2 fully saturated rings. The first-order chi connectivity index (χ1) is 14.1. The van der Waals surface area contributed by atoms with Crippen molar-refractivity contribution in [2.45, 2.75) is 23.7 Å². The van der Waals surface area contributed by atoms with Crippen LogP contribution in [0, 0.1) is 0 Å². The molecule has 3 aromatic rings. The van der Waals surface area contributed by atoms with Crippen LogP contribution in [0.15, 0.2) is 41.3 Å². The Hall–Kier alpha value is -2.72. The molecule has 1 saturated carbocycles. The van der Waals surface area contributed by atoms with Gasteiger partial charge in [0.2, 0.25) is 10.0 Å². The van der Waals surface area contributed by atoms with Crippen molar-refractivity contribution in [2.75, 3.05) is 43.0 Å². The van der Waals surface area contributed by atoms with Gasteiger partial charge in [-0.1, -0.05) is 12.1 Å². The Labute approximate surface area is 169 Å². The largest absolute Gasteiger partial charge is 0.367 e. The highest BCUT2D eigenvalue weighted by atomic mass is 32.2. The summed E-state index contributed by atoms with van der Waals surface area (Å²) in [5, 5.41) is 13.3. The third kappa shape index (κ3) is 3.32. The number of hydrogen-bond acceptors (Lipinski definition) is 7. The van der Waals surface area contributed by atoms with E-state index in [1.165, 1.54) is 7.05 Å². The van der Waals surface area contributed by atoms with E-state index in [1.54, 1.807) is 12.1 Å². The fourth-order valence-electron chi connectivity index (χ4n) is 3.79. The number of piperazine rings is 1. The zero-order valence-corrected chi connectivity index (χ0v) is 17.0. The summed E-state index contributed by atoms with van der Waals surface area (Å²) in [6.45, 7) is 2.95. The van der Waals surface area contributed by atoms with Gasteiger partial charge in [0.15, 0.2) is 11.5 Å². The van der Waals surface area contributed by atoms with Gasteiger partial charge < -0.3 is 9.80 Å². The van der Waals surface area contributed by atoms with E-state index >= 15 is 0 Å². The molecule has 0 unspecified atom stereocenters. The van der Waals surface area contributed by atoms with Gasteiger partial charge in [-0.05, 0) is 44.2 Å². The average Bonchev–Trinajstić information content (AvgIpc) is 3.52. The van der Waals surface area contributed by atoms with Gasteiger partial charge in [0.25, 0.3) is 0 Å². The quantitative estimate of drug-likeness (QED) is 0.672. The molecule has 9 nitrogen and oxygen atoms in total. The Morgan fingerprint density at radius 3 is 2.41 bits per heavy atom. The number of fused-ring (bicyclic) bond motifs is 1. The standard InChI is InChI=1S/C19H23N7O2S/c1-20-29(27,28)16-5-3-2-4-15(16)24-10-12-25(13-11-24)18-9-8-17-21-22-19(14-6-7-14)26(17)23-18/h2-5,8-9,14,20H,6-7,10-13H2,1H3. The van der Waals surface area contributed by atoms with Crippen molar-refractivity contribution in [3.05, 3.63) is 42.2 Å². The molecule has 2 aliphatic rings. The van der Waals surface area contributed by atoms with Crippen LogP contribution in [0.1, 0.15) is 24.6 Å². The van der Waals surface area contributed by atoms with E-state index in [1.807, 2.05) is 28.8 Å². The summed E-state index contributed by atoms with van der Waals surface area (Å²) in [7, 11) is -2.07. The summed E-state index contributed by atoms with van der Waals surface area (Å²) in [5.41, 5.74) is 1.51. The summed E-state index contributed by atoms with van der Waals surface area (Å²) in [6.07, 6.45) is 2.31. The first-order valence-corrected chi connectivity index (χ1v) is 11.3. The van der Waals surface area contributed by atoms with Gasteiger partial charge in [0.1, 0.15) is 10.7 Å². The lowest BCUT2D eigenvalue weighted by atomic mass is 10.2. The number of para-hydroxylation sites is 1. The fourth-order valence-corrected chi connectivity index (χ4v) is 4.74. The first-order valence-electron chi connectivity index (χ1n) is 9.81. The molecule has 0 radical (unpaired) electrons. The summed E-state index contributed by atoms with van der Waals surface area (Å²) in [4.78, 5) is 4.66.